The molecule has 6 nitrogen and oxygen atoms in total. The summed E-state index contributed by atoms with van der Waals surface area (Å²) in [5.41, 5.74) is 0.744. The molecule has 0 radical (unpaired) electrons. The summed E-state index contributed by atoms with van der Waals surface area (Å²) in [6.07, 6.45) is -1.00. The number of carbonyl (C=O) groups is 3. The zero-order valence-corrected chi connectivity index (χ0v) is 15.7. The number of hydrogen-bond donors (Lipinski definition) is 2. The summed E-state index contributed by atoms with van der Waals surface area (Å²) in [6, 6.07) is 11.2. The number of ether oxygens (including phenoxy) is 1. The molecule has 2 heterocycles. The van der Waals surface area contributed by atoms with Crippen LogP contribution in [0.2, 0.25) is 0 Å². The predicted molar refractivity (Wildman–Crippen MR) is 101 cm³/mol. The number of thioether (sulfide) groups is 1. The maximum atomic E-state index is 12.1. The van der Waals surface area contributed by atoms with Crippen molar-refractivity contribution in [2.45, 2.75) is 36.1 Å². The van der Waals surface area contributed by atoms with E-state index in [1.165, 1.54) is 30.0 Å². The maximum absolute atomic E-state index is 12.1. The molecule has 0 spiro atoms. The van der Waals surface area contributed by atoms with Crippen molar-refractivity contribution < 1.29 is 19.1 Å². The molecule has 0 saturated heterocycles. The van der Waals surface area contributed by atoms with Crippen LogP contribution < -0.4 is 10.6 Å². The lowest BCUT2D eigenvalue weighted by atomic mass is 10.2. The zero-order chi connectivity index (χ0) is 18.5. The predicted octanol–water partition coefficient (Wildman–Crippen LogP) is 2.80. The van der Waals surface area contributed by atoms with Crippen molar-refractivity contribution in [3.63, 3.8) is 0 Å². The van der Waals surface area contributed by atoms with Crippen LogP contribution in [0.3, 0.4) is 0 Å². The Morgan fingerprint density at radius 3 is 2.85 bits per heavy atom. The van der Waals surface area contributed by atoms with Crippen LogP contribution in [0.5, 0.6) is 0 Å². The first-order valence-electron chi connectivity index (χ1n) is 8.09. The number of nitrogens with one attached hydrogen (secondary N) is 2. The third-order valence-corrected chi connectivity index (χ3v) is 5.90. The van der Waals surface area contributed by atoms with Gasteiger partial charge in [0.05, 0.1) is 23.9 Å². The lowest BCUT2D eigenvalue weighted by molar-refractivity contribution is -0.155. The fraction of sp³-hybridized carbons (Fsp3) is 0.278. The van der Waals surface area contributed by atoms with Gasteiger partial charge in [0, 0.05) is 9.77 Å². The summed E-state index contributed by atoms with van der Waals surface area (Å²) in [7, 11) is 0. The van der Waals surface area contributed by atoms with E-state index in [9.17, 15) is 14.4 Å². The molecule has 2 atom stereocenters. The number of esters is 1. The first kappa shape index (κ1) is 18.5. The van der Waals surface area contributed by atoms with Gasteiger partial charge in [0.15, 0.2) is 6.10 Å². The number of rotatable bonds is 6. The smallest absolute Gasteiger partial charge is 0.308 e. The number of carbonyl (C=O) groups excluding carboxylic acids is 3. The van der Waals surface area contributed by atoms with E-state index in [0.29, 0.717) is 6.54 Å². The molecule has 1 aliphatic heterocycles. The summed E-state index contributed by atoms with van der Waals surface area (Å²) in [6.45, 7) is 1.92. The summed E-state index contributed by atoms with van der Waals surface area (Å²) >= 11 is 2.86. The normalized spacial score (nSPS) is 17.0. The fourth-order valence-corrected chi connectivity index (χ4v) is 4.15. The first-order chi connectivity index (χ1) is 12.5. The molecular formula is C18H18N2O4S2. The molecule has 136 valence electrons. The van der Waals surface area contributed by atoms with Gasteiger partial charge in [-0.25, -0.2) is 0 Å². The average molecular weight is 390 g/mol. The first-order valence-corrected chi connectivity index (χ1v) is 9.85. The molecular weight excluding hydrogens is 372 g/mol. The zero-order valence-electron chi connectivity index (χ0n) is 14.1. The Morgan fingerprint density at radius 1 is 1.27 bits per heavy atom. The lowest BCUT2D eigenvalue weighted by Gasteiger charge is -2.23. The lowest BCUT2D eigenvalue weighted by Crippen LogP contribution is -2.37. The number of fused-ring (bicyclic) bond motifs is 1. The van der Waals surface area contributed by atoms with Crippen molar-refractivity contribution in [1.29, 1.82) is 0 Å². The second-order valence-corrected chi connectivity index (χ2v) is 8.00. The number of para-hydroxylation sites is 1. The molecule has 8 heteroatoms. The second-order valence-electron chi connectivity index (χ2n) is 5.73. The molecule has 1 aromatic heterocycles. The van der Waals surface area contributed by atoms with E-state index in [2.05, 4.69) is 10.6 Å². The van der Waals surface area contributed by atoms with E-state index in [-0.39, 0.29) is 18.2 Å². The Balaban J connectivity index is 1.49. The van der Waals surface area contributed by atoms with Crippen molar-refractivity contribution in [3.05, 3.63) is 46.7 Å². The molecule has 26 heavy (non-hydrogen) atoms. The molecule has 0 unspecified atom stereocenters. The molecule has 2 amide bonds. The molecule has 3 rings (SSSR count). The van der Waals surface area contributed by atoms with Crippen LogP contribution in [0.25, 0.3) is 0 Å². The van der Waals surface area contributed by atoms with E-state index >= 15 is 0 Å². The standard InChI is InChI=1S/C18H18N2O4S2/c1-11(17(22)19-10-12-5-4-8-25-12)24-16(21)9-15-18(23)20-13-6-2-3-7-14(13)26-15/h2-8,11,15H,9-10H2,1H3,(H,19,22)(H,20,23)/t11-,15-/m0/s1. The minimum Gasteiger partial charge on any atom is -0.453 e. The Hall–Kier alpha value is -2.32. The molecule has 2 N–H and O–H groups in total. The van der Waals surface area contributed by atoms with Gasteiger partial charge in [0.25, 0.3) is 5.91 Å². The van der Waals surface area contributed by atoms with Gasteiger partial charge in [-0.15, -0.1) is 23.1 Å². The van der Waals surface area contributed by atoms with Crippen LogP contribution >= 0.6 is 23.1 Å². The van der Waals surface area contributed by atoms with Gasteiger partial charge in [0.2, 0.25) is 5.91 Å². The Bertz CT molecular complexity index is 807. The molecule has 0 aliphatic carbocycles. The highest BCUT2D eigenvalue weighted by atomic mass is 32.2. The van der Waals surface area contributed by atoms with Gasteiger partial charge in [-0.2, -0.15) is 0 Å². The largest absolute Gasteiger partial charge is 0.453 e. The van der Waals surface area contributed by atoms with E-state index < -0.39 is 17.3 Å². The van der Waals surface area contributed by atoms with Crippen molar-refractivity contribution in [2.24, 2.45) is 0 Å². The number of anilines is 1. The van der Waals surface area contributed by atoms with E-state index in [4.69, 9.17) is 4.74 Å². The molecule has 2 aromatic rings. The number of hydrogen-bond acceptors (Lipinski definition) is 6. The van der Waals surface area contributed by atoms with E-state index in [1.54, 1.807) is 0 Å². The van der Waals surface area contributed by atoms with Gasteiger partial charge >= 0.3 is 5.97 Å². The van der Waals surface area contributed by atoms with Crippen LogP contribution in [0.15, 0.2) is 46.7 Å². The SMILES string of the molecule is C[C@H](OC(=O)C[C@@H]1Sc2ccccc2NC1=O)C(=O)NCc1cccs1. The van der Waals surface area contributed by atoms with Crippen molar-refractivity contribution >= 4 is 46.6 Å². The molecule has 0 fully saturated rings. The number of amides is 2. The summed E-state index contributed by atoms with van der Waals surface area (Å²) in [5.74, 6) is -1.17. The average Bonchev–Trinajstić information content (AvgIpc) is 3.13. The fourth-order valence-electron chi connectivity index (χ4n) is 2.41. The van der Waals surface area contributed by atoms with Crippen LogP contribution in [-0.2, 0) is 25.7 Å². The van der Waals surface area contributed by atoms with Crippen molar-refractivity contribution in [3.8, 4) is 0 Å². The van der Waals surface area contributed by atoms with Gasteiger partial charge < -0.3 is 15.4 Å². The van der Waals surface area contributed by atoms with Crippen molar-refractivity contribution in [2.75, 3.05) is 5.32 Å². The molecule has 1 aromatic carbocycles. The summed E-state index contributed by atoms with van der Waals surface area (Å²) < 4.78 is 5.18. The highest BCUT2D eigenvalue weighted by Gasteiger charge is 2.30. The minimum atomic E-state index is -0.911. The monoisotopic (exact) mass is 390 g/mol. The summed E-state index contributed by atoms with van der Waals surface area (Å²) in [4.78, 5) is 38.2. The van der Waals surface area contributed by atoms with Gasteiger partial charge in [0.1, 0.15) is 0 Å². The molecule has 1 aliphatic rings. The van der Waals surface area contributed by atoms with Crippen LogP contribution in [0.4, 0.5) is 5.69 Å². The summed E-state index contributed by atoms with van der Waals surface area (Å²) in [5, 5.41) is 6.86. The topological polar surface area (TPSA) is 84.5 Å². The van der Waals surface area contributed by atoms with Crippen molar-refractivity contribution in [1.82, 2.24) is 5.32 Å². The van der Waals surface area contributed by atoms with E-state index in [0.717, 1.165) is 15.5 Å². The third kappa shape index (κ3) is 4.64. The Morgan fingerprint density at radius 2 is 2.08 bits per heavy atom. The van der Waals surface area contributed by atoms with Crippen LogP contribution in [-0.4, -0.2) is 29.1 Å². The Kier molecular flexibility index (Phi) is 5.95. The minimum absolute atomic E-state index is 0.0899. The highest BCUT2D eigenvalue weighted by Crippen LogP contribution is 2.36. The van der Waals surface area contributed by atoms with Crippen LogP contribution in [0, 0.1) is 0 Å². The maximum Gasteiger partial charge on any atom is 0.308 e. The number of benzene rings is 1. The van der Waals surface area contributed by atoms with Gasteiger partial charge in [-0.3, -0.25) is 14.4 Å². The molecule has 0 saturated carbocycles. The second kappa shape index (κ2) is 8.37. The number of thiophene rings is 1. The van der Waals surface area contributed by atoms with Gasteiger partial charge in [-0.1, -0.05) is 18.2 Å². The molecule has 0 bridgehead atoms. The van der Waals surface area contributed by atoms with Gasteiger partial charge in [-0.05, 0) is 30.5 Å². The van der Waals surface area contributed by atoms with E-state index in [1.807, 2.05) is 41.8 Å². The Labute approximate surface area is 159 Å². The quantitative estimate of drug-likeness (QED) is 0.741. The highest BCUT2D eigenvalue weighted by molar-refractivity contribution is 8.01. The van der Waals surface area contributed by atoms with Crippen LogP contribution in [0.1, 0.15) is 18.2 Å². The third-order valence-electron chi connectivity index (χ3n) is 3.75.